The Hall–Kier alpha value is -1.30. The van der Waals surface area contributed by atoms with Crippen LogP contribution in [0.25, 0.3) is 0 Å². The minimum Gasteiger partial charge on any atom is -0.480 e. The largest absolute Gasteiger partial charge is 0.480 e. The summed E-state index contributed by atoms with van der Waals surface area (Å²) < 4.78 is 10.4. The van der Waals surface area contributed by atoms with Crippen LogP contribution in [0.2, 0.25) is 0 Å². The van der Waals surface area contributed by atoms with E-state index in [-0.39, 0.29) is 5.92 Å². The van der Waals surface area contributed by atoms with E-state index in [0.29, 0.717) is 12.8 Å². The minimum absolute atomic E-state index is 0.199. The van der Waals surface area contributed by atoms with E-state index in [0.717, 1.165) is 0 Å². The monoisotopic (exact) mass is 273 g/mol. The summed E-state index contributed by atoms with van der Waals surface area (Å²) in [7, 11) is 1.21. The molecule has 0 bridgehead atoms. The Labute approximate surface area is 113 Å². The first kappa shape index (κ1) is 15.8. The second-order valence-corrected chi connectivity index (χ2v) is 6.24. The molecule has 110 valence electrons. The molecule has 2 N–H and O–H groups in total. The van der Waals surface area contributed by atoms with E-state index in [4.69, 9.17) is 4.74 Å². The number of hydrogen-bond donors (Lipinski definition) is 2. The van der Waals surface area contributed by atoms with Crippen LogP contribution in [0.15, 0.2) is 0 Å². The van der Waals surface area contributed by atoms with E-state index in [2.05, 4.69) is 10.1 Å². The van der Waals surface area contributed by atoms with E-state index in [9.17, 15) is 14.7 Å². The molecule has 19 heavy (non-hydrogen) atoms. The SMILES string of the molecule is COC(=O)NC(C(=O)O)C1CC(C)(C)OC(C)(C)C1. The molecular formula is C13H23NO5. The minimum atomic E-state index is -1.05. The van der Waals surface area contributed by atoms with Gasteiger partial charge in [0, 0.05) is 0 Å². The van der Waals surface area contributed by atoms with Gasteiger partial charge in [-0.25, -0.2) is 9.59 Å². The Bertz CT molecular complexity index is 348. The molecule has 1 amide bonds. The molecule has 0 aromatic rings. The van der Waals surface area contributed by atoms with Gasteiger partial charge in [-0.15, -0.1) is 0 Å². The van der Waals surface area contributed by atoms with Crippen LogP contribution in [0.3, 0.4) is 0 Å². The number of nitrogens with one attached hydrogen (secondary N) is 1. The smallest absolute Gasteiger partial charge is 0.407 e. The number of carbonyl (C=O) groups excluding carboxylic acids is 1. The lowest BCUT2D eigenvalue weighted by Gasteiger charge is -2.46. The number of methoxy groups -OCH3 is 1. The zero-order valence-corrected chi connectivity index (χ0v) is 12.1. The number of carbonyl (C=O) groups is 2. The molecule has 0 saturated carbocycles. The van der Waals surface area contributed by atoms with Crippen LogP contribution in [0.1, 0.15) is 40.5 Å². The van der Waals surface area contributed by atoms with Gasteiger partial charge in [-0.3, -0.25) is 0 Å². The number of hydrogen-bond acceptors (Lipinski definition) is 4. The predicted molar refractivity (Wildman–Crippen MR) is 68.9 cm³/mol. The molecule has 0 spiro atoms. The fraction of sp³-hybridized carbons (Fsp3) is 0.846. The summed E-state index contributed by atoms with van der Waals surface area (Å²) in [5.41, 5.74) is -0.837. The van der Waals surface area contributed by atoms with Crippen LogP contribution in [-0.2, 0) is 14.3 Å². The zero-order valence-electron chi connectivity index (χ0n) is 12.1. The molecule has 0 aromatic carbocycles. The molecule has 1 heterocycles. The molecule has 0 radical (unpaired) electrons. The lowest BCUT2D eigenvalue weighted by atomic mass is 9.77. The third-order valence-corrected chi connectivity index (χ3v) is 3.26. The van der Waals surface area contributed by atoms with Crippen molar-refractivity contribution >= 4 is 12.1 Å². The zero-order chi connectivity index (χ0) is 14.8. The number of rotatable bonds is 3. The Balaban J connectivity index is 2.89. The van der Waals surface area contributed by atoms with E-state index in [1.807, 2.05) is 27.7 Å². The molecule has 0 aliphatic carbocycles. The number of aliphatic carboxylic acids is 1. The van der Waals surface area contributed by atoms with Crippen molar-refractivity contribution in [2.45, 2.75) is 57.8 Å². The molecular weight excluding hydrogens is 250 g/mol. The van der Waals surface area contributed by atoms with Gasteiger partial charge >= 0.3 is 12.1 Å². The summed E-state index contributed by atoms with van der Waals surface area (Å²) in [6.45, 7) is 7.71. The van der Waals surface area contributed by atoms with E-state index in [1.54, 1.807) is 0 Å². The van der Waals surface area contributed by atoms with Crippen molar-refractivity contribution in [2.75, 3.05) is 7.11 Å². The Morgan fingerprint density at radius 1 is 1.26 bits per heavy atom. The lowest BCUT2D eigenvalue weighted by molar-refractivity contribution is -0.179. The van der Waals surface area contributed by atoms with Crippen LogP contribution in [0.5, 0.6) is 0 Å². The number of carboxylic acids is 1. The predicted octanol–water partition coefficient (Wildman–Crippen LogP) is 1.78. The first-order chi connectivity index (χ1) is 8.56. The Kier molecular flexibility index (Phi) is 4.45. The van der Waals surface area contributed by atoms with Crippen molar-refractivity contribution in [3.63, 3.8) is 0 Å². The average molecular weight is 273 g/mol. The molecule has 6 nitrogen and oxygen atoms in total. The van der Waals surface area contributed by atoms with Gasteiger partial charge in [-0.05, 0) is 46.5 Å². The maximum atomic E-state index is 11.4. The van der Waals surface area contributed by atoms with Crippen LogP contribution < -0.4 is 5.32 Å². The van der Waals surface area contributed by atoms with Crippen LogP contribution in [0.4, 0.5) is 4.79 Å². The molecule has 1 unspecified atom stereocenters. The van der Waals surface area contributed by atoms with Gasteiger partial charge in [0.25, 0.3) is 0 Å². The van der Waals surface area contributed by atoms with Crippen LogP contribution in [0, 0.1) is 5.92 Å². The Morgan fingerprint density at radius 2 is 1.74 bits per heavy atom. The molecule has 1 aliphatic heterocycles. The fourth-order valence-electron chi connectivity index (χ4n) is 2.97. The van der Waals surface area contributed by atoms with Gasteiger partial charge < -0.3 is 19.9 Å². The van der Waals surface area contributed by atoms with Crippen molar-refractivity contribution in [3.8, 4) is 0 Å². The highest BCUT2D eigenvalue weighted by Crippen LogP contribution is 2.39. The molecule has 0 aromatic heterocycles. The molecule has 1 fully saturated rings. The second-order valence-electron chi connectivity index (χ2n) is 6.24. The maximum absolute atomic E-state index is 11.4. The van der Waals surface area contributed by atoms with Gasteiger partial charge in [0.1, 0.15) is 6.04 Å². The highest BCUT2D eigenvalue weighted by Gasteiger charge is 2.44. The molecule has 1 saturated heterocycles. The van der Waals surface area contributed by atoms with E-state index in [1.165, 1.54) is 7.11 Å². The standard InChI is InChI=1S/C13H23NO5/c1-12(2)6-8(7-13(3,4)19-12)9(10(15)16)14-11(17)18-5/h8-9H,6-7H2,1-5H3,(H,14,17)(H,15,16). The van der Waals surface area contributed by atoms with Gasteiger partial charge in [0.2, 0.25) is 0 Å². The van der Waals surface area contributed by atoms with Gasteiger partial charge in [0.15, 0.2) is 0 Å². The summed E-state index contributed by atoms with van der Waals surface area (Å²) in [6.07, 6.45) is 0.406. The van der Waals surface area contributed by atoms with E-state index >= 15 is 0 Å². The first-order valence-corrected chi connectivity index (χ1v) is 6.34. The number of alkyl carbamates (subject to hydrolysis) is 1. The van der Waals surface area contributed by atoms with E-state index < -0.39 is 29.3 Å². The summed E-state index contributed by atoms with van der Waals surface area (Å²) >= 11 is 0. The van der Waals surface area contributed by atoms with Crippen molar-refractivity contribution in [1.29, 1.82) is 0 Å². The summed E-state index contributed by atoms with van der Waals surface area (Å²) in [4.78, 5) is 22.6. The first-order valence-electron chi connectivity index (χ1n) is 6.34. The van der Waals surface area contributed by atoms with Gasteiger partial charge in [0.05, 0.1) is 18.3 Å². The third kappa shape index (κ3) is 4.38. The van der Waals surface area contributed by atoms with Gasteiger partial charge in [-0.2, -0.15) is 0 Å². The third-order valence-electron chi connectivity index (χ3n) is 3.26. The molecule has 1 atom stereocenters. The number of amides is 1. The second kappa shape index (κ2) is 5.36. The Morgan fingerprint density at radius 3 is 2.11 bits per heavy atom. The van der Waals surface area contributed by atoms with Crippen molar-refractivity contribution in [1.82, 2.24) is 5.32 Å². The van der Waals surface area contributed by atoms with Crippen molar-refractivity contribution < 1.29 is 24.2 Å². The maximum Gasteiger partial charge on any atom is 0.407 e. The van der Waals surface area contributed by atoms with Crippen LogP contribution >= 0.6 is 0 Å². The molecule has 6 heteroatoms. The van der Waals surface area contributed by atoms with Gasteiger partial charge in [-0.1, -0.05) is 0 Å². The summed E-state index contributed by atoms with van der Waals surface area (Å²) in [6, 6.07) is -0.963. The molecule has 1 rings (SSSR count). The fourth-order valence-corrected chi connectivity index (χ4v) is 2.97. The highest BCUT2D eigenvalue weighted by atomic mass is 16.5. The molecule has 1 aliphatic rings. The number of carboxylic acid groups (broad SMARTS) is 1. The highest BCUT2D eigenvalue weighted by molar-refractivity contribution is 5.80. The summed E-state index contributed by atoms with van der Waals surface area (Å²) in [5, 5.41) is 11.7. The van der Waals surface area contributed by atoms with Crippen LogP contribution in [-0.4, -0.2) is 41.5 Å². The quantitative estimate of drug-likeness (QED) is 0.818. The number of ether oxygens (including phenoxy) is 2. The summed E-state index contributed by atoms with van der Waals surface area (Å²) in [5.74, 6) is -1.25. The average Bonchev–Trinajstić information content (AvgIpc) is 2.20. The van der Waals surface area contributed by atoms with Crippen molar-refractivity contribution in [2.24, 2.45) is 5.92 Å². The lowest BCUT2D eigenvalue weighted by Crippen LogP contribution is -2.54. The normalized spacial score (nSPS) is 23.4. The van der Waals surface area contributed by atoms with Crippen molar-refractivity contribution in [3.05, 3.63) is 0 Å². The topological polar surface area (TPSA) is 84.9 Å².